The number of carbonyl (C=O) groups is 4. The average Bonchev–Trinajstić information content (AvgIpc) is 2.97. The van der Waals surface area contributed by atoms with E-state index in [-0.39, 0.29) is 12.8 Å². The minimum absolute atomic E-state index is 0.00975. The summed E-state index contributed by atoms with van der Waals surface area (Å²) in [4.78, 5) is 42.0. The molecule has 0 saturated carbocycles. The number of halogens is 12. The van der Waals surface area contributed by atoms with Gasteiger partial charge in [-0.05, 0) is 24.7 Å². The Morgan fingerprint density at radius 2 is 0.778 bits per heavy atom. The predicted octanol–water partition coefficient (Wildman–Crippen LogP) is 10.9. The fourth-order valence-electron chi connectivity index (χ4n) is 4.15. The fraction of sp³-hybridized carbons (Fsp3) is 0.647. The molecule has 0 amide bonds. The number of alkyl halides is 12. The molecular weight excluding hydrogens is 764 g/mol. The van der Waals surface area contributed by atoms with Crippen LogP contribution in [0.3, 0.4) is 0 Å². The van der Waals surface area contributed by atoms with Gasteiger partial charge in [-0.15, -0.1) is 0 Å². The molecule has 0 aliphatic heterocycles. The largest absolute Gasteiger partial charge is 0.481 e. The number of carboxylic acid groups (broad SMARTS) is 4. The summed E-state index contributed by atoms with van der Waals surface area (Å²) in [5.41, 5.74) is -4.73. The summed E-state index contributed by atoms with van der Waals surface area (Å²) in [6.45, 7) is 20.5. The molecular formula is C34H48F12O8. The Bertz CT molecular complexity index is 1260. The van der Waals surface area contributed by atoms with Crippen LogP contribution in [-0.4, -0.2) is 69.0 Å². The van der Waals surface area contributed by atoms with Gasteiger partial charge in [-0.1, -0.05) is 93.5 Å². The molecule has 4 N–H and O–H groups in total. The zero-order valence-corrected chi connectivity index (χ0v) is 30.5. The van der Waals surface area contributed by atoms with Gasteiger partial charge in [0.2, 0.25) is 0 Å². The molecule has 5 atom stereocenters. The number of rotatable bonds is 16. The van der Waals surface area contributed by atoms with E-state index in [4.69, 9.17) is 20.4 Å². The molecule has 0 heterocycles. The maximum absolute atomic E-state index is 12.2. The summed E-state index contributed by atoms with van der Waals surface area (Å²) in [5.74, 6) is -13.2. The lowest BCUT2D eigenvalue weighted by atomic mass is 9.86. The molecule has 0 saturated heterocycles. The molecule has 5 unspecified atom stereocenters. The highest BCUT2D eigenvalue weighted by molar-refractivity contribution is 5.75. The van der Waals surface area contributed by atoms with Crippen LogP contribution in [0.15, 0.2) is 48.6 Å². The second kappa shape index (κ2) is 24.4. The number of carboxylic acids is 4. The van der Waals surface area contributed by atoms with Gasteiger partial charge in [0.15, 0.2) is 0 Å². The first-order valence-corrected chi connectivity index (χ1v) is 15.9. The van der Waals surface area contributed by atoms with Crippen molar-refractivity contribution >= 4 is 23.9 Å². The smallest absolute Gasteiger partial charge is 0.412 e. The minimum Gasteiger partial charge on any atom is -0.481 e. The van der Waals surface area contributed by atoms with E-state index >= 15 is 0 Å². The molecule has 0 rings (SSSR count). The van der Waals surface area contributed by atoms with Crippen molar-refractivity contribution < 1.29 is 92.3 Å². The first-order valence-electron chi connectivity index (χ1n) is 15.9. The van der Waals surface area contributed by atoms with Crippen molar-refractivity contribution in [3.05, 3.63) is 48.6 Å². The van der Waals surface area contributed by atoms with Gasteiger partial charge in [0.1, 0.15) is 0 Å². The van der Waals surface area contributed by atoms with Crippen molar-refractivity contribution in [2.75, 3.05) is 0 Å². The highest BCUT2D eigenvalue weighted by atomic mass is 19.4. The molecule has 0 aromatic rings. The van der Waals surface area contributed by atoms with Gasteiger partial charge in [-0.2, -0.15) is 52.7 Å². The summed E-state index contributed by atoms with van der Waals surface area (Å²) < 4.78 is 145. The van der Waals surface area contributed by atoms with Crippen LogP contribution in [0.5, 0.6) is 0 Å². The zero-order valence-electron chi connectivity index (χ0n) is 30.5. The average molecular weight is 813 g/mol. The molecule has 8 nitrogen and oxygen atoms in total. The molecule has 20 heteroatoms. The van der Waals surface area contributed by atoms with Crippen LogP contribution in [-0.2, 0) is 19.2 Å². The topological polar surface area (TPSA) is 149 Å². The molecule has 54 heavy (non-hydrogen) atoms. The standard InChI is InChI=1S/2C9H13F3O2.2C8H11F3O2/c1-4-5(2)7(8(13)14)6(3)9(10,11)12;1-3-4-5-7(8(13)14)6(2)9(10,11)12;1-4(2)6(7(12)13)5(3)8(9,10)11;1-3-4-6(7(12)13)5(2)8(9,10)11/h5,7H,3-4H2,1-2H3,(H,13,14);7H,2-5H2,1H3,(H,13,14);4,6H,3H2,1-2H3,(H,12,13);6H,2-4H2,1H3,(H,12,13). The van der Waals surface area contributed by atoms with E-state index in [9.17, 15) is 71.9 Å². The number of unbranched alkanes of at least 4 members (excludes halogenated alkanes) is 1. The van der Waals surface area contributed by atoms with Crippen molar-refractivity contribution in [3.8, 4) is 0 Å². The molecule has 0 bridgehead atoms. The lowest BCUT2D eigenvalue weighted by Gasteiger charge is -2.22. The summed E-state index contributed by atoms with van der Waals surface area (Å²) in [5, 5.41) is 34.2. The Morgan fingerprint density at radius 1 is 0.481 bits per heavy atom. The summed E-state index contributed by atoms with van der Waals surface area (Å²) in [6, 6.07) is 0. The molecule has 0 radical (unpaired) electrons. The fourth-order valence-corrected chi connectivity index (χ4v) is 4.15. The van der Waals surface area contributed by atoms with Crippen molar-refractivity contribution in [2.24, 2.45) is 35.5 Å². The summed E-state index contributed by atoms with van der Waals surface area (Å²) in [7, 11) is 0. The van der Waals surface area contributed by atoms with Crippen molar-refractivity contribution in [3.63, 3.8) is 0 Å². The molecule has 0 fully saturated rings. The van der Waals surface area contributed by atoms with Gasteiger partial charge in [-0.3, -0.25) is 19.2 Å². The van der Waals surface area contributed by atoms with Crippen molar-refractivity contribution in [1.82, 2.24) is 0 Å². The first kappa shape index (κ1) is 56.7. The van der Waals surface area contributed by atoms with Crippen LogP contribution in [0, 0.1) is 35.5 Å². The number of aliphatic carboxylic acids is 4. The van der Waals surface area contributed by atoms with Crippen LogP contribution in [0.4, 0.5) is 52.7 Å². The van der Waals surface area contributed by atoms with Gasteiger partial charge in [-0.25, -0.2) is 0 Å². The molecule has 0 aromatic heterocycles. The predicted molar refractivity (Wildman–Crippen MR) is 174 cm³/mol. The quantitative estimate of drug-likeness (QED) is 0.0889. The lowest BCUT2D eigenvalue weighted by Crippen LogP contribution is -2.30. The van der Waals surface area contributed by atoms with Crippen LogP contribution >= 0.6 is 0 Å². The highest BCUT2D eigenvalue weighted by Crippen LogP contribution is 2.36. The van der Waals surface area contributed by atoms with E-state index in [1.807, 2.05) is 0 Å². The Balaban J connectivity index is -0.000000309. The van der Waals surface area contributed by atoms with Crippen molar-refractivity contribution in [2.45, 2.75) is 105 Å². The van der Waals surface area contributed by atoms with E-state index < -0.39 is 106 Å². The molecule has 316 valence electrons. The van der Waals surface area contributed by atoms with Gasteiger partial charge in [0, 0.05) is 22.3 Å². The summed E-state index contributed by atoms with van der Waals surface area (Å²) >= 11 is 0. The van der Waals surface area contributed by atoms with E-state index in [1.165, 1.54) is 20.8 Å². The third-order valence-corrected chi connectivity index (χ3v) is 7.48. The van der Waals surface area contributed by atoms with Gasteiger partial charge >= 0.3 is 48.6 Å². The lowest BCUT2D eigenvalue weighted by molar-refractivity contribution is -0.148. The Hall–Kier alpha value is -4.00. The zero-order chi connectivity index (χ0) is 44.3. The Kier molecular flexibility index (Phi) is 25.7. The van der Waals surface area contributed by atoms with Gasteiger partial charge in [0.05, 0.1) is 23.7 Å². The number of hydrogen-bond acceptors (Lipinski definition) is 4. The molecule has 0 aromatic carbocycles. The van der Waals surface area contributed by atoms with Crippen LogP contribution in [0.2, 0.25) is 0 Å². The normalized spacial score (nSPS) is 14.5. The van der Waals surface area contributed by atoms with E-state index in [0.717, 1.165) is 0 Å². The number of hydrogen-bond donors (Lipinski definition) is 4. The molecule has 0 aliphatic rings. The summed E-state index contributed by atoms with van der Waals surface area (Å²) in [6.07, 6.45) is -16.7. The molecule has 0 aliphatic carbocycles. The van der Waals surface area contributed by atoms with E-state index in [0.29, 0.717) is 25.7 Å². The van der Waals surface area contributed by atoms with Gasteiger partial charge in [0.25, 0.3) is 0 Å². The van der Waals surface area contributed by atoms with E-state index in [1.54, 1.807) is 20.8 Å². The minimum atomic E-state index is -4.63. The SMILES string of the molecule is C=C(C(C(=O)O)C(C)C)C(F)(F)F.C=C(C(C(=O)O)C(C)CC)C(F)(F)F.C=C(C(CCC)C(=O)O)C(F)(F)F.C=C(C(CCCC)C(=O)O)C(F)(F)F. The van der Waals surface area contributed by atoms with E-state index in [2.05, 4.69) is 26.3 Å². The third kappa shape index (κ3) is 22.3. The Labute approximate surface area is 305 Å². The van der Waals surface area contributed by atoms with Crippen LogP contribution in [0.25, 0.3) is 0 Å². The Morgan fingerprint density at radius 3 is 0.963 bits per heavy atom. The monoisotopic (exact) mass is 812 g/mol. The highest BCUT2D eigenvalue weighted by Gasteiger charge is 2.43. The first-order chi connectivity index (χ1) is 24.0. The van der Waals surface area contributed by atoms with Crippen molar-refractivity contribution in [1.29, 1.82) is 0 Å². The van der Waals surface area contributed by atoms with Crippen LogP contribution in [0.1, 0.15) is 80.1 Å². The maximum atomic E-state index is 12.2. The second-order valence-corrected chi connectivity index (χ2v) is 12.1. The third-order valence-electron chi connectivity index (χ3n) is 7.48. The van der Waals surface area contributed by atoms with Crippen LogP contribution < -0.4 is 0 Å². The second-order valence-electron chi connectivity index (χ2n) is 12.1. The maximum Gasteiger partial charge on any atom is 0.412 e. The van der Waals surface area contributed by atoms with Gasteiger partial charge < -0.3 is 20.4 Å². The molecule has 0 spiro atoms.